The van der Waals surface area contributed by atoms with Crippen LogP contribution in [0.5, 0.6) is 0 Å². The SMILES string of the molecule is CC(C)CN(C(C)C)S(=O)(=O)NC1CC1CCN(C(C)C)S(N)(=O)=O. The second-order valence-electron chi connectivity index (χ2n) is 7.82. The van der Waals surface area contributed by atoms with Crippen molar-refractivity contribution in [3.63, 3.8) is 0 Å². The molecule has 2 atom stereocenters. The maximum Gasteiger partial charge on any atom is 0.279 e. The van der Waals surface area contributed by atoms with Gasteiger partial charge in [-0.3, -0.25) is 0 Å². The van der Waals surface area contributed by atoms with Crippen molar-refractivity contribution in [1.29, 1.82) is 0 Å². The van der Waals surface area contributed by atoms with E-state index in [1.165, 1.54) is 8.61 Å². The topological polar surface area (TPSA) is 113 Å². The second kappa shape index (κ2) is 8.62. The van der Waals surface area contributed by atoms with E-state index in [2.05, 4.69) is 4.72 Å². The van der Waals surface area contributed by atoms with Crippen molar-refractivity contribution in [2.24, 2.45) is 17.0 Å². The molecular formula is C15H34N4O4S2. The summed E-state index contributed by atoms with van der Waals surface area (Å²) in [6, 6.07) is -0.463. The fraction of sp³-hybridized carbons (Fsp3) is 1.00. The van der Waals surface area contributed by atoms with Crippen molar-refractivity contribution >= 4 is 20.4 Å². The van der Waals surface area contributed by atoms with E-state index in [1.807, 2.05) is 27.7 Å². The molecule has 0 radical (unpaired) electrons. The molecule has 8 nitrogen and oxygen atoms in total. The molecule has 10 heteroatoms. The number of hydrogen-bond acceptors (Lipinski definition) is 4. The molecule has 0 aromatic carbocycles. The molecule has 1 aliphatic rings. The Labute approximate surface area is 153 Å². The normalized spacial score (nSPS) is 21.9. The Hall–Kier alpha value is -0.260. The Morgan fingerprint density at radius 3 is 1.92 bits per heavy atom. The Bertz CT molecular complexity index is 632. The summed E-state index contributed by atoms with van der Waals surface area (Å²) >= 11 is 0. The number of hydrogen-bond donors (Lipinski definition) is 2. The highest BCUT2D eigenvalue weighted by Crippen LogP contribution is 2.35. The first-order valence-corrected chi connectivity index (χ1v) is 11.8. The monoisotopic (exact) mass is 398 g/mol. The molecule has 0 aromatic heterocycles. The fourth-order valence-corrected chi connectivity index (χ4v) is 5.69. The minimum absolute atomic E-state index is 0.115. The lowest BCUT2D eigenvalue weighted by atomic mass is 10.2. The van der Waals surface area contributed by atoms with Gasteiger partial charge >= 0.3 is 0 Å². The van der Waals surface area contributed by atoms with E-state index < -0.39 is 20.4 Å². The van der Waals surface area contributed by atoms with Crippen LogP contribution in [0.1, 0.15) is 54.4 Å². The molecule has 0 heterocycles. The lowest BCUT2D eigenvalue weighted by molar-refractivity contribution is 0.313. The minimum atomic E-state index is -3.74. The zero-order valence-corrected chi connectivity index (χ0v) is 17.8. The molecule has 0 aromatic rings. The summed E-state index contributed by atoms with van der Waals surface area (Å²) < 4.78 is 53.8. The van der Waals surface area contributed by atoms with Gasteiger partial charge in [0.1, 0.15) is 0 Å². The molecule has 2 unspecified atom stereocenters. The Kier molecular flexibility index (Phi) is 7.85. The molecule has 0 amide bonds. The van der Waals surface area contributed by atoms with E-state index in [0.717, 1.165) is 6.42 Å². The Balaban J connectivity index is 2.61. The molecule has 1 fully saturated rings. The lowest BCUT2D eigenvalue weighted by Crippen LogP contribution is -2.47. The summed E-state index contributed by atoms with van der Waals surface area (Å²) in [7, 11) is -7.28. The van der Waals surface area contributed by atoms with Gasteiger partial charge in [-0.1, -0.05) is 13.8 Å². The molecule has 1 aliphatic carbocycles. The van der Waals surface area contributed by atoms with Gasteiger partial charge in [-0.25, -0.2) is 5.14 Å². The molecule has 25 heavy (non-hydrogen) atoms. The quantitative estimate of drug-likeness (QED) is 0.538. The van der Waals surface area contributed by atoms with E-state index in [1.54, 1.807) is 13.8 Å². The highest BCUT2D eigenvalue weighted by atomic mass is 32.2. The van der Waals surface area contributed by atoms with E-state index in [0.29, 0.717) is 19.5 Å². The van der Waals surface area contributed by atoms with Crippen LogP contribution >= 0.6 is 0 Å². The average Bonchev–Trinajstić information content (AvgIpc) is 3.10. The van der Waals surface area contributed by atoms with Crippen molar-refractivity contribution < 1.29 is 16.8 Å². The first-order chi connectivity index (χ1) is 11.3. The molecule has 0 spiro atoms. The van der Waals surface area contributed by atoms with Gasteiger partial charge in [0, 0.05) is 31.2 Å². The number of rotatable bonds is 11. The maximum absolute atomic E-state index is 12.6. The van der Waals surface area contributed by atoms with Crippen molar-refractivity contribution in [2.45, 2.75) is 72.5 Å². The van der Waals surface area contributed by atoms with Crippen LogP contribution in [0.2, 0.25) is 0 Å². The van der Waals surface area contributed by atoms with E-state index in [9.17, 15) is 16.8 Å². The van der Waals surface area contributed by atoms with Crippen LogP contribution in [0, 0.1) is 11.8 Å². The summed E-state index contributed by atoms with van der Waals surface area (Å²) in [5, 5.41) is 5.22. The summed E-state index contributed by atoms with van der Waals surface area (Å²) in [6.07, 6.45) is 1.32. The standard InChI is InChI=1S/C15H34N4O4S2/c1-11(2)10-19(13(5)6)25(22,23)17-15-9-14(15)7-8-18(12(3)4)24(16,20)21/h11-15,17H,7-10H2,1-6H3,(H2,16,20,21). The van der Waals surface area contributed by atoms with Crippen LogP contribution in [0.15, 0.2) is 0 Å². The smallest absolute Gasteiger partial charge is 0.216 e. The number of nitrogens with zero attached hydrogens (tertiary/aromatic N) is 2. The Morgan fingerprint density at radius 2 is 1.52 bits per heavy atom. The third-order valence-electron chi connectivity index (χ3n) is 4.28. The fourth-order valence-electron chi connectivity index (χ4n) is 2.89. The molecule has 1 saturated carbocycles. The second-order valence-corrected chi connectivity index (χ2v) is 11.0. The van der Waals surface area contributed by atoms with Crippen molar-refractivity contribution in [3.05, 3.63) is 0 Å². The molecule has 0 saturated heterocycles. The molecule has 1 rings (SSSR count). The first kappa shape index (κ1) is 22.8. The van der Waals surface area contributed by atoms with Gasteiger partial charge in [-0.15, -0.1) is 0 Å². The van der Waals surface area contributed by atoms with Crippen molar-refractivity contribution in [1.82, 2.24) is 13.3 Å². The summed E-state index contributed by atoms with van der Waals surface area (Å²) in [6.45, 7) is 12.0. The van der Waals surface area contributed by atoms with Gasteiger partial charge in [0.25, 0.3) is 20.4 Å². The third-order valence-corrected chi connectivity index (χ3v) is 7.32. The van der Waals surface area contributed by atoms with Crippen LogP contribution in [0.25, 0.3) is 0 Å². The average molecular weight is 399 g/mol. The van der Waals surface area contributed by atoms with Gasteiger partial charge in [0.05, 0.1) is 0 Å². The van der Waals surface area contributed by atoms with E-state index >= 15 is 0 Å². The van der Waals surface area contributed by atoms with Crippen LogP contribution in [0.3, 0.4) is 0 Å². The first-order valence-electron chi connectivity index (χ1n) is 8.84. The van der Waals surface area contributed by atoms with Crippen molar-refractivity contribution in [2.75, 3.05) is 13.1 Å². The molecule has 0 bridgehead atoms. The van der Waals surface area contributed by atoms with Gasteiger partial charge in [0.15, 0.2) is 0 Å². The van der Waals surface area contributed by atoms with Gasteiger partial charge in [0.2, 0.25) is 0 Å². The van der Waals surface area contributed by atoms with Gasteiger partial charge < -0.3 is 0 Å². The third kappa shape index (κ3) is 7.10. The highest BCUT2D eigenvalue weighted by Gasteiger charge is 2.42. The molecule has 3 N–H and O–H groups in total. The summed E-state index contributed by atoms with van der Waals surface area (Å²) in [4.78, 5) is 0. The summed E-state index contributed by atoms with van der Waals surface area (Å²) in [5.74, 6) is 0.383. The van der Waals surface area contributed by atoms with Crippen LogP contribution in [-0.2, 0) is 20.4 Å². The zero-order chi connectivity index (χ0) is 19.6. The van der Waals surface area contributed by atoms with E-state index in [-0.39, 0.29) is 30.0 Å². The van der Waals surface area contributed by atoms with E-state index in [4.69, 9.17) is 5.14 Å². The minimum Gasteiger partial charge on any atom is -0.216 e. The van der Waals surface area contributed by atoms with Crippen LogP contribution < -0.4 is 9.86 Å². The molecule has 0 aliphatic heterocycles. The van der Waals surface area contributed by atoms with Crippen LogP contribution in [-0.4, -0.2) is 56.7 Å². The van der Waals surface area contributed by atoms with Crippen LogP contribution in [0.4, 0.5) is 0 Å². The van der Waals surface area contributed by atoms with Crippen molar-refractivity contribution in [3.8, 4) is 0 Å². The zero-order valence-electron chi connectivity index (χ0n) is 16.1. The highest BCUT2D eigenvalue weighted by molar-refractivity contribution is 7.87. The number of nitrogens with two attached hydrogens (primary N) is 1. The summed E-state index contributed by atoms with van der Waals surface area (Å²) in [5.41, 5.74) is 0. The molecule has 150 valence electrons. The maximum atomic E-state index is 12.6. The predicted molar refractivity (Wildman–Crippen MR) is 100 cm³/mol. The number of nitrogens with one attached hydrogen (secondary N) is 1. The molecular weight excluding hydrogens is 364 g/mol. The van der Waals surface area contributed by atoms with Gasteiger partial charge in [-0.05, 0) is 52.4 Å². The van der Waals surface area contributed by atoms with Gasteiger partial charge in [-0.2, -0.15) is 30.2 Å². The predicted octanol–water partition coefficient (Wildman–Crippen LogP) is 0.880. The largest absolute Gasteiger partial charge is 0.279 e. The lowest BCUT2D eigenvalue weighted by Gasteiger charge is -2.27. The Morgan fingerprint density at radius 1 is 1.00 bits per heavy atom.